The molecule has 1 nitrogen and oxygen atoms in total. The van der Waals surface area contributed by atoms with Crippen LogP contribution in [-0.2, 0) is 6.42 Å². The smallest absolute Gasteiger partial charge is 0.0568 e. The van der Waals surface area contributed by atoms with Gasteiger partial charge in [-0.2, -0.15) is 0 Å². The van der Waals surface area contributed by atoms with E-state index < -0.39 is 0 Å². The molecule has 0 heterocycles. The first-order chi connectivity index (χ1) is 7.75. The van der Waals surface area contributed by atoms with E-state index in [1.54, 1.807) is 0 Å². The van der Waals surface area contributed by atoms with Crippen molar-refractivity contribution in [2.75, 3.05) is 0 Å². The molecule has 2 atom stereocenters. The lowest BCUT2D eigenvalue weighted by molar-refractivity contribution is 0.0655. The van der Waals surface area contributed by atoms with Crippen molar-refractivity contribution in [1.82, 2.24) is 0 Å². The molecule has 1 aliphatic rings. The predicted octanol–water partition coefficient (Wildman–Crippen LogP) is 3.93. The Kier molecular flexibility index (Phi) is 4.42. The second-order valence-electron chi connectivity index (χ2n) is 4.78. The molecular weight excluding hydrogens is 264 g/mol. The molecule has 0 saturated heterocycles. The molecule has 0 bridgehead atoms. The van der Waals surface area contributed by atoms with E-state index in [9.17, 15) is 5.11 Å². The van der Waals surface area contributed by atoms with Crippen molar-refractivity contribution in [2.24, 2.45) is 5.92 Å². The quantitative estimate of drug-likeness (QED) is 0.891. The van der Waals surface area contributed by atoms with Crippen LogP contribution in [0.1, 0.15) is 37.7 Å². The van der Waals surface area contributed by atoms with E-state index in [4.69, 9.17) is 0 Å². The molecule has 0 radical (unpaired) electrons. The zero-order chi connectivity index (χ0) is 11.4. The van der Waals surface area contributed by atoms with Gasteiger partial charge in [-0.05, 0) is 49.3 Å². The Labute approximate surface area is 106 Å². The fraction of sp³-hybridized carbons (Fsp3) is 0.571. The summed E-state index contributed by atoms with van der Waals surface area (Å²) in [6.45, 7) is 0. The highest BCUT2D eigenvalue weighted by Gasteiger charge is 2.22. The predicted molar refractivity (Wildman–Crippen MR) is 70.4 cm³/mol. The minimum atomic E-state index is -0.0517. The number of rotatable bonds is 3. The van der Waals surface area contributed by atoms with Crippen LogP contribution in [-0.4, -0.2) is 11.2 Å². The van der Waals surface area contributed by atoms with Gasteiger partial charge in [0.15, 0.2) is 0 Å². The molecular formula is C14H19BrO. The molecule has 2 rings (SSSR count). The monoisotopic (exact) mass is 282 g/mol. The molecule has 1 fully saturated rings. The second-order valence-corrected chi connectivity index (χ2v) is 5.69. The summed E-state index contributed by atoms with van der Waals surface area (Å²) in [5.74, 6) is 0.525. The Morgan fingerprint density at radius 2 is 1.81 bits per heavy atom. The first-order valence-corrected chi connectivity index (χ1v) is 6.97. The average Bonchev–Trinajstić information content (AvgIpc) is 2.30. The summed E-state index contributed by atoms with van der Waals surface area (Å²) in [6, 6.07) is 8.51. The van der Waals surface area contributed by atoms with E-state index in [0.717, 1.165) is 23.7 Å². The SMILES string of the molecule is OC1CCCCC1CCc1ccc(Br)cc1. The van der Waals surface area contributed by atoms with Crippen LogP contribution in [0.4, 0.5) is 0 Å². The third kappa shape index (κ3) is 3.33. The van der Waals surface area contributed by atoms with Gasteiger partial charge in [0.25, 0.3) is 0 Å². The molecule has 0 spiro atoms. The van der Waals surface area contributed by atoms with Gasteiger partial charge in [-0.25, -0.2) is 0 Å². The summed E-state index contributed by atoms with van der Waals surface area (Å²) < 4.78 is 1.13. The summed E-state index contributed by atoms with van der Waals surface area (Å²) >= 11 is 3.44. The molecule has 0 aromatic heterocycles. The maximum absolute atomic E-state index is 9.88. The Bertz CT molecular complexity index is 320. The Hall–Kier alpha value is -0.340. The van der Waals surface area contributed by atoms with E-state index >= 15 is 0 Å². The highest BCUT2D eigenvalue weighted by atomic mass is 79.9. The summed E-state index contributed by atoms with van der Waals surface area (Å²) in [5.41, 5.74) is 1.38. The van der Waals surface area contributed by atoms with Gasteiger partial charge >= 0.3 is 0 Å². The van der Waals surface area contributed by atoms with Gasteiger partial charge in [-0.3, -0.25) is 0 Å². The van der Waals surface area contributed by atoms with Gasteiger partial charge in [-0.15, -0.1) is 0 Å². The van der Waals surface area contributed by atoms with Gasteiger partial charge in [-0.1, -0.05) is 40.9 Å². The van der Waals surface area contributed by atoms with Crippen LogP contribution in [0.25, 0.3) is 0 Å². The molecule has 0 aliphatic heterocycles. The fourth-order valence-electron chi connectivity index (χ4n) is 2.53. The number of aryl methyl sites for hydroxylation is 1. The summed E-state index contributed by atoms with van der Waals surface area (Å²) in [4.78, 5) is 0. The topological polar surface area (TPSA) is 20.2 Å². The van der Waals surface area contributed by atoms with Gasteiger partial charge in [0.05, 0.1) is 6.10 Å². The van der Waals surface area contributed by atoms with Crippen molar-refractivity contribution >= 4 is 15.9 Å². The van der Waals surface area contributed by atoms with Crippen LogP contribution < -0.4 is 0 Å². The Morgan fingerprint density at radius 3 is 2.50 bits per heavy atom. The standard InChI is InChI=1S/C14H19BrO/c15-13-9-6-11(7-10-13)5-8-12-3-1-2-4-14(12)16/h6-7,9-10,12,14,16H,1-5,8H2. The average molecular weight is 283 g/mol. The molecule has 2 heteroatoms. The maximum atomic E-state index is 9.88. The number of hydrogen-bond acceptors (Lipinski definition) is 1. The summed E-state index contributed by atoms with van der Waals surface area (Å²) in [7, 11) is 0. The molecule has 1 aromatic carbocycles. The van der Waals surface area contributed by atoms with E-state index in [1.165, 1.54) is 24.8 Å². The van der Waals surface area contributed by atoms with Crippen molar-refractivity contribution in [1.29, 1.82) is 0 Å². The van der Waals surface area contributed by atoms with Crippen molar-refractivity contribution in [3.63, 3.8) is 0 Å². The molecule has 88 valence electrons. The molecule has 2 unspecified atom stereocenters. The first-order valence-electron chi connectivity index (χ1n) is 6.18. The third-order valence-corrected chi connectivity index (χ3v) is 4.11. The van der Waals surface area contributed by atoms with Gasteiger partial charge in [0.2, 0.25) is 0 Å². The Morgan fingerprint density at radius 1 is 1.12 bits per heavy atom. The lowest BCUT2D eigenvalue weighted by Gasteiger charge is -2.27. The van der Waals surface area contributed by atoms with Crippen molar-refractivity contribution in [2.45, 2.75) is 44.6 Å². The molecule has 1 aliphatic carbocycles. The molecule has 1 aromatic rings. The van der Waals surface area contributed by atoms with Crippen molar-refractivity contribution in [3.05, 3.63) is 34.3 Å². The largest absolute Gasteiger partial charge is 0.393 e. The highest BCUT2D eigenvalue weighted by molar-refractivity contribution is 9.10. The molecule has 1 N–H and O–H groups in total. The molecule has 0 amide bonds. The van der Waals surface area contributed by atoms with Crippen LogP contribution in [0.2, 0.25) is 0 Å². The number of benzene rings is 1. The van der Waals surface area contributed by atoms with Crippen molar-refractivity contribution in [3.8, 4) is 0 Å². The fourth-order valence-corrected chi connectivity index (χ4v) is 2.79. The second kappa shape index (κ2) is 5.83. The zero-order valence-corrected chi connectivity index (χ0v) is 11.1. The van der Waals surface area contributed by atoms with Crippen LogP contribution in [0.15, 0.2) is 28.7 Å². The van der Waals surface area contributed by atoms with Crippen LogP contribution >= 0.6 is 15.9 Å². The zero-order valence-electron chi connectivity index (χ0n) is 9.53. The van der Waals surface area contributed by atoms with E-state index in [-0.39, 0.29) is 6.10 Å². The highest BCUT2D eigenvalue weighted by Crippen LogP contribution is 2.28. The Balaban J connectivity index is 1.84. The minimum Gasteiger partial charge on any atom is -0.393 e. The van der Waals surface area contributed by atoms with E-state index in [0.29, 0.717) is 5.92 Å². The maximum Gasteiger partial charge on any atom is 0.0568 e. The molecule has 16 heavy (non-hydrogen) atoms. The lowest BCUT2D eigenvalue weighted by atomic mass is 9.83. The molecule has 1 saturated carbocycles. The van der Waals surface area contributed by atoms with Crippen LogP contribution in [0, 0.1) is 5.92 Å². The first kappa shape index (κ1) is 12.1. The number of hydrogen-bond donors (Lipinski definition) is 1. The number of aliphatic hydroxyl groups excluding tert-OH is 1. The van der Waals surface area contributed by atoms with Crippen LogP contribution in [0.3, 0.4) is 0 Å². The summed E-state index contributed by atoms with van der Waals surface area (Å²) in [5, 5.41) is 9.88. The van der Waals surface area contributed by atoms with Gasteiger partial charge in [0.1, 0.15) is 0 Å². The van der Waals surface area contributed by atoms with Gasteiger partial charge < -0.3 is 5.11 Å². The lowest BCUT2D eigenvalue weighted by Crippen LogP contribution is -2.24. The normalized spacial score (nSPS) is 25.6. The van der Waals surface area contributed by atoms with E-state index in [1.807, 2.05) is 0 Å². The van der Waals surface area contributed by atoms with Gasteiger partial charge in [0, 0.05) is 4.47 Å². The number of aliphatic hydroxyl groups is 1. The summed E-state index contributed by atoms with van der Waals surface area (Å²) in [6.07, 6.45) is 6.88. The van der Waals surface area contributed by atoms with Crippen LogP contribution in [0.5, 0.6) is 0 Å². The number of halogens is 1. The third-order valence-electron chi connectivity index (χ3n) is 3.59. The van der Waals surface area contributed by atoms with Crippen molar-refractivity contribution < 1.29 is 5.11 Å². The minimum absolute atomic E-state index is 0.0517. The van der Waals surface area contributed by atoms with E-state index in [2.05, 4.69) is 40.2 Å².